The van der Waals surface area contributed by atoms with Gasteiger partial charge in [-0.1, -0.05) is 48.5 Å². The summed E-state index contributed by atoms with van der Waals surface area (Å²) in [5.41, 5.74) is -1.02. The third-order valence-electron chi connectivity index (χ3n) is 5.23. The van der Waals surface area contributed by atoms with E-state index < -0.39 is 41.6 Å². The monoisotopic (exact) mass is 395 g/mol. The Balaban J connectivity index is 2.04. The van der Waals surface area contributed by atoms with Crippen LogP contribution in [0.2, 0.25) is 0 Å². The Kier molecular flexibility index (Phi) is 5.39. The molecule has 4 atom stereocenters. The summed E-state index contributed by atoms with van der Waals surface area (Å²) >= 11 is 0. The van der Waals surface area contributed by atoms with Gasteiger partial charge in [0.1, 0.15) is 18.3 Å². The molecule has 7 heteroatoms. The minimum atomic E-state index is -2.52. The number of hydrogen-bond acceptors (Lipinski definition) is 7. The maximum absolute atomic E-state index is 13.2. The summed E-state index contributed by atoms with van der Waals surface area (Å²) in [6.45, 7) is 3.33. The Morgan fingerprint density at radius 3 is 2.10 bits per heavy atom. The normalized spacial score (nSPS) is 27.2. The fourth-order valence-corrected chi connectivity index (χ4v) is 3.62. The fourth-order valence-electron chi connectivity index (χ4n) is 3.62. The highest BCUT2D eigenvalue weighted by Crippen LogP contribution is 2.41. The van der Waals surface area contributed by atoms with Crippen LogP contribution in [0, 0.1) is 25.2 Å². The number of ketones is 2. The zero-order valence-electron chi connectivity index (χ0n) is 16.0. The van der Waals surface area contributed by atoms with Crippen molar-refractivity contribution < 1.29 is 29.6 Å². The van der Waals surface area contributed by atoms with Crippen LogP contribution in [0.3, 0.4) is 0 Å². The molecule has 1 heterocycles. The lowest BCUT2D eigenvalue weighted by atomic mass is 9.80. The van der Waals surface area contributed by atoms with Crippen LogP contribution in [0.5, 0.6) is 0 Å². The average molecular weight is 395 g/mol. The fraction of sp³-hybridized carbons (Fsp3) is 0.318. The molecule has 2 aromatic rings. The van der Waals surface area contributed by atoms with Crippen molar-refractivity contribution in [1.29, 1.82) is 5.26 Å². The molecule has 0 aromatic heterocycles. The second-order valence-corrected chi connectivity index (χ2v) is 7.30. The zero-order chi connectivity index (χ0) is 21.4. The van der Waals surface area contributed by atoms with Crippen molar-refractivity contribution in [2.45, 2.75) is 43.9 Å². The maximum atomic E-state index is 13.2. The molecule has 0 radical (unpaired) electrons. The number of rotatable bonds is 5. The van der Waals surface area contributed by atoms with Gasteiger partial charge in [0.25, 0.3) is 5.79 Å². The lowest BCUT2D eigenvalue weighted by Gasteiger charge is -2.30. The number of carbonyl (C=O) groups excluding carboxylic acids is 2. The average Bonchev–Trinajstić information content (AvgIpc) is 2.99. The minimum Gasteiger partial charge on any atom is -0.382 e. The van der Waals surface area contributed by atoms with Gasteiger partial charge in [0.05, 0.1) is 6.42 Å². The number of carbonyl (C=O) groups is 2. The number of aliphatic hydroxyl groups excluding tert-OH is 1. The van der Waals surface area contributed by atoms with Crippen LogP contribution < -0.4 is 0 Å². The number of ether oxygens (including phenoxy) is 1. The van der Waals surface area contributed by atoms with Gasteiger partial charge in [-0.25, -0.2) is 0 Å². The maximum Gasteiger partial charge on any atom is 0.260 e. The van der Waals surface area contributed by atoms with Gasteiger partial charge in [0.2, 0.25) is 0 Å². The van der Waals surface area contributed by atoms with Gasteiger partial charge < -0.3 is 20.1 Å². The molecular weight excluding hydrogens is 374 g/mol. The molecule has 29 heavy (non-hydrogen) atoms. The number of hydrogen-bond donors (Lipinski definition) is 3. The second kappa shape index (κ2) is 7.50. The highest BCUT2D eigenvalue weighted by atomic mass is 16.7. The molecule has 3 rings (SSSR count). The highest BCUT2D eigenvalue weighted by molar-refractivity contribution is 6.06. The summed E-state index contributed by atoms with van der Waals surface area (Å²) in [6.07, 6.45) is -4.60. The van der Waals surface area contributed by atoms with Crippen molar-refractivity contribution in [3.8, 4) is 6.07 Å². The quantitative estimate of drug-likeness (QED) is 0.516. The predicted octanol–water partition coefficient (Wildman–Crippen LogP) is 1.46. The number of nitriles is 1. The van der Waals surface area contributed by atoms with E-state index in [0.717, 1.165) is 0 Å². The molecule has 0 saturated carbocycles. The van der Waals surface area contributed by atoms with E-state index in [-0.39, 0.29) is 11.1 Å². The van der Waals surface area contributed by atoms with Gasteiger partial charge in [-0.2, -0.15) is 5.26 Å². The van der Waals surface area contributed by atoms with Gasteiger partial charge in [-0.3, -0.25) is 9.59 Å². The van der Waals surface area contributed by atoms with E-state index in [1.807, 2.05) is 0 Å². The van der Waals surface area contributed by atoms with Crippen LogP contribution in [0.25, 0.3) is 0 Å². The Labute approximate surface area is 167 Å². The van der Waals surface area contributed by atoms with Crippen molar-refractivity contribution in [3.63, 3.8) is 0 Å². The van der Waals surface area contributed by atoms with Crippen LogP contribution in [0.15, 0.2) is 48.5 Å². The zero-order valence-corrected chi connectivity index (χ0v) is 16.0. The Morgan fingerprint density at radius 2 is 1.59 bits per heavy atom. The van der Waals surface area contributed by atoms with Gasteiger partial charge in [-0.15, -0.1) is 0 Å². The van der Waals surface area contributed by atoms with E-state index >= 15 is 0 Å². The standard InChI is InChI=1S/C22H21NO6/c1-13-7-3-5-9-15(13)17(24)18(25)20-22(28,11-21(27,12-23)29-20)19(26)16-10-6-4-8-14(16)2/h3-10,18,20,25,27-28H,11H2,1-2H3. The summed E-state index contributed by atoms with van der Waals surface area (Å²) in [5.74, 6) is -4.15. The molecule has 0 aliphatic carbocycles. The molecule has 1 saturated heterocycles. The van der Waals surface area contributed by atoms with E-state index in [1.165, 1.54) is 18.2 Å². The molecule has 3 N–H and O–H groups in total. The van der Waals surface area contributed by atoms with Crippen molar-refractivity contribution >= 4 is 11.6 Å². The summed E-state index contributed by atoms with van der Waals surface area (Å²) in [6, 6.07) is 14.4. The van der Waals surface area contributed by atoms with E-state index in [2.05, 4.69) is 0 Å². The number of benzene rings is 2. The molecule has 0 bridgehead atoms. The number of aryl methyl sites for hydroxylation is 2. The first-order valence-corrected chi connectivity index (χ1v) is 9.05. The molecule has 0 amide bonds. The molecule has 7 nitrogen and oxygen atoms in total. The lowest BCUT2D eigenvalue weighted by molar-refractivity contribution is -0.170. The summed E-state index contributed by atoms with van der Waals surface area (Å²) in [4.78, 5) is 26.0. The van der Waals surface area contributed by atoms with Gasteiger partial charge in [0, 0.05) is 11.1 Å². The van der Waals surface area contributed by atoms with Crippen molar-refractivity contribution in [2.24, 2.45) is 0 Å². The predicted molar refractivity (Wildman–Crippen MR) is 102 cm³/mol. The molecule has 1 aliphatic heterocycles. The topological polar surface area (TPSA) is 128 Å². The van der Waals surface area contributed by atoms with Crippen molar-refractivity contribution in [1.82, 2.24) is 0 Å². The molecule has 150 valence electrons. The van der Waals surface area contributed by atoms with E-state index in [9.17, 15) is 30.2 Å². The Morgan fingerprint density at radius 1 is 1.07 bits per heavy atom. The SMILES string of the molecule is Cc1ccccc1C(=O)C(O)C1OC(O)(C#N)CC1(O)C(=O)c1ccccc1C. The molecular formula is C22H21NO6. The van der Waals surface area contributed by atoms with Crippen LogP contribution in [-0.4, -0.2) is 50.5 Å². The van der Waals surface area contributed by atoms with Crippen LogP contribution >= 0.6 is 0 Å². The molecule has 0 spiro atoms. The largest absolute Gasteiger partial charge is 0.382 e. The van der Waals surface area contributed by atoms with Gasteiger partial charge in [-0.05, 0) is 25.0 Å². The van der Waals surface area contributed by atoms with Crippen LogP contribution in [0.1, 0.15) is 38.3 Å². The van der Waals surface area contributed by atoms with E-state index in [1.54, 1.807) is 50.2 Å². The molecule has 2 aromatic carbocycles. The van der Waals surface area contributed by atoms with Gasteiger partial charge >= 0.3 is 0 Å². The highest BCUT2D eigenvalue weighted by Gasteiger charge is 2.62. The van der Waals surface area contributed by atoms with Crippen LogP contribution in [0.4, 0.5) is 0 Å². The third kappa shape index (κ3) is 3.59. The third-order valence-corrected chi connectivity index (χ3v) is 5.23. The van der Waals surface area contributed by atoms with E-state index in [4.69, 9.17) is 4.74 Å². The summed E-state index contributed by atoms with van der Waals surface area (Å²) < 4.78 is 5.19. The Bertz CT molecular complexity index is 1010. The van der Waals surface area contributed by atoms with Crippen molar-refractivity contribution in [3.05, 3.63) is 70.8 Å². The first-order valence-electron chi connectivity index (χ1n) is 9.05. The first kappa shape index (κ1) is 20.8. The smallest absolute Gasteiger partial charge is 0.260 e. The van der Waals surface area contributed by atoms with E-state index in [0.29, 0.717) is 11.1 Å². The number of Topliss-reactive ketones (excluding diaryl/α,β-unsaturated/α-hetero) is 2. The summed E-state index contributed by atoms with van der Waals surface area (Å²) in [7, 11) is 0. The molecule has 4 unspecified atom stereocenters. The minimum absolute atomic E-state index is 0.140. The van der Waals surface area contributed by atoms with Crippen LogP contribution in [-0.2, 0) is 4.74 Å². The van der Waals surface area contributed by atoms with Gasteiger partial charge in [0.15, 0.2) is 17.2 Å². The molecule has 1 aliphatic rings. The first-order chi connectivity index (χ1) is 13.6. The second-order valence-electron chi connectivity index (χ2n) is 7.30. The lowest BCUT2D eigenvalue weighted by Crippen LogP contribution is -2.54. The Hall–Kier alpha value is -2.89. The molecule has 1 fully saturated rings. The summed E-state index contributed by atoms with van der Waals surface area (Å²) in [5, 5.41) is 41.5. The number of nitrogens with zero attached hydrogens (tertiary/aromatic N) is 1. The van der Waals surface area contributed by atoms with Crippen molar-refractivity contribution in [2.75, 3.05) is 0 Å². The number of aliphatic hydroxyl groups is 3.